The molecule has 0 aliphatic carbocycles. The standard InChI is InChI=1S/C8H14O2.Y/c1-5(2)7(6(3)4)8(9)10;/h5-7H,1,3H2,2,4H3,(H,9,10);/q-2;. The minimum atomic E-state index is -0.801. The monoisotopic (exact) mass is 231 g/mol. The fourth-order valence-electron chi connectivity index (χ4n) is 1.05. The van der Waals surface area contributed by atoms with Crippen molar-refractivity contribution in [3.05, 3.63) is 13.8 Å². The number of hydrogen-bond donors (Lipinski definition) is 1. The van der Waals surface area contributed by atoms with Gasteiger partial charge in [-0.05, 0) is 0 Å². The van der Waals surface area contributed by atoms with Gasteiger partial charge in [0.05, 0.1) is 0 Å². The van der Waals surface area contributed by atoms with Crippen molar-refractivity contribution in [2.75, 3.05) is 0 Å². The van der Waals surface area contributed by atoms with Crippen LogP contribution in [0.3, 0.4) is 0 Å². The van der Waals surface area contributed by atoms with Crippen molar-refractivity contribution < 1.29 is 42.6 Å². The van der Waals surface area contributed by atoms with E-state index in [9.17, 15) is 4.79 Å². The van der Waals surface area contributed by atoms with Gasteiger partial charge in [-0.1, -0.05) is 13.8 Å². The third kappa shape index (κ3) is 4.92. The first-order valence-electron chi connectivity index (χ1n) is 3.35. The molecular weight excluding hydrogens is 217 g/mol. The van der Waals surface area contributed by atoms with E-state index >= 15 is 0 Å². The molecule has 2 unspecified atom stereocenters. The molecule has 0 saturated carbocycles. The van der Waals surface area contributed by atoms with Gasteiger partial charge in [0, 0.05) is 38.6 Å². The molecule has 0 spiro atoms. The Kier molecular flexibility index (Phi) is 7.87. The zero-order valence-corrected chi connectivity index (χ0v) is 9.92. The van der Waals surface area contributed by atoms with Gasteiger partial charge in [0.25, 0.3) is 0 Å². The minimum Gasteiger partial charge on any atom is -0.481 e. The van der Waals surface area contributed by atoms with Gasteiger partial charge in [-0.25, -0.2) is 0 Å². The number of hydrogen-bond acceptors (Lipinski definition) is 1. The second-order valence-corrected chi connectivity index (χ2v) is 2.82. The van der Waals surface area contributed by atoms with Crippen molar-refractivity contribution in [1.29, 1.82) is 0 Å². The van der Waals surface area contributed by atoms with Crippen molar-refractivity contribution in [3.63, 3.8) is 0 Å². The normalized spacial score (nSPS) is 17.8. The van der Waals surface area contributed by atoms with Crippen molar-refractivity contribution in [1.82, 2.24) is 0 Å². The summed E-state index contributed by atoms with van der Waals surface area (Å²) >= 11 is 0. The van der Waals surface area contributed by atoms with Crippen LogP contribution < -0.4 is 0 Å². The number of carboxylic acids is 1. The molecule has 0 aliphatic rings. The summed E-state index contributed by atoms with van der Waals surface area (Å²) in [6.45, 7) is 10.9. The summed E-state index contributed by atoms with van der Waals surface area (Å²) in [6.07, 6.45) is 0. The SMILES string of the molecule is [CH2-]C(C)C(C(=O)O)C([CH2-])C.[Y]. The summed E-state index contributed by atoms with van der Waals surface area (Å²) in [5.74, 6) is -1.38. The first kappa shape index (κ1) is 14.1. The summed E-state index contributed by atoms with van der Waals surface area (Å²) < 4.78 is 0. The van der Waals surface area contributed by atoms with Crippen LogP contribution in [0.4, 0.5) is 0 Å². The molecule has 63 valence electrons. The summed E-state index contributed by atoms with van der Waals surface area (Å²) in [5, 5.41) is 8.63. The fraction of sp³-hybridized carbons (Fsp3) is 0.625. The van der Waals surface area contributed by atoms with Crippen molar-refractivity contribution in [3.8, 4) is 0 Å². The number of aliphatic carboxylic acids is 1. The van der Waals surface area contributed by atoms with Crippen LogP contribution in [0.15, 0.2) is 0 Å². The van der Waals surface area contributed by atoms with Gasteiger partial charge in [-0.2, -0.15) is 11.8 Å². The van der Waals surface area contributed by atoms with Crippen molar-refractivity contribution in [2.24, 2.45) is 17.8 Å². The maximum Gasteiger partial charge on any atom is 0.301 e. The first-order valence-corrected chi connectivity index (χ1v) is 3.35. The van der Waals surface area contributed by atoms with E-state index in [-0.39, 0.29) is 44.5 Å². The molecule has 0 aromatic rings. The Labute approximate surface area is 93.6 Å². The Balaban J connectivity index is 0. The quantitative estimate of drug-likeness (QED) is 0.749. The van der Waals surface area contributed by atoms with Gasteiger partial charge in [0.2, 0.25) is 0 Å². The molecule has 0 aliphatic heterocycles. The van der Waals surface area contributed by atoms with Gasteiger partial charge in [-0.3, -0.25) is 4.79 Å². The third-order valence-corrected chi connectivity index (χ3v) is 1.51. The second kappa shape index (κ2) is 6.13. The Bertz CT molecular complexity index is 113. The molecule has 2 nitrogen and oxygen atoms in total. The molecule has 0 amide bonds. The molecule has 11 heavy (non-hydrogen) atoms. The predicted octanol–water partition coefficient (Wildman–Crippen LogP) is 1.63. The van der Waals surface area contributed by atoms with Crippen LogP contribution in [-0.4, -0.2) is 11.1 Å². The van der Waals surface area contributed by atoms with E-state index in [1.54, 1.807) is 13.8 Å². The fourth-order valence-corrected chi connectivity index (χ4v) is 1.05. The largest absolute Gasteiger partial charge is 0.481 e. The zero-order chi connectivity index (χ0) is 8.31. The summed E-state index contributed by atoms with van der Waals surface area (Å²) in [4.78, 5) is 10.5. The Morgan fingerprint density at radius 2 is 1.55 bits per heavy atom. The Morgan fingerprint density at radius 3 is 1.55 bits per heavy atom. The van der Waals surface area contributed by atoms with Crippen LogP contribution in [0.2, 0.25) is 0 Å². The molecule has 3 heteroatoms. The molecule has 0 fully saturated rings. The predicted molar refractivity (Wildman–Crippen MR) is 40.2 cm³/mol. The summed E-state index contributed by atoms with van der Waals surface area (Å²) in [5.41, 5.74) is 0. The smallest absolute Gasteiger partial charge is 0.301 e. The minimum absolute atomic E-state index is 0. The Hall–Kier alpha value is 0.574. The van der Waals surface area contributed by atoms with Crippen LogP contribution in [0, 0.1) is 31.6 Å². The zero-order valence-electron chi connectivity index (χ0n) is 7.08. The topological polar surface area (TPSA) is 37.3 Å². The molecule has 2 atom stereocenters. The van der Waals surface area contributed by atoms with E-state index in [0.717, 1.165) is 0 Å². The van der Waals surface area contributed by atoms with Gasteiger partial charge in [0.1, 0.15) is 0 Å². The van der Waals surface area contributed by atoms with Crippen LogP contribution in [-0.2, 0) is 37.5 Å². The molecular formula is C8H14O2Y-2. The Morgan fingerprint density at radius 1 is 1.27 bits per heavy atom. The second-order valence-electron chi connectivity index (χ2n) is 2.82. The van der Waals surface area contributed by atoms with Gasteiger partial charge in [0.15, 0.2) is 0 Å². The van der Waals surface area contributed by atoms with E-state index in [1.165, 1.54) is 0 Å². The molecule has 0 aromatic carbocycles. The number of carboxylic acid groups (broad SMARTS) is 1. The summed E-state index contributed by atoms with van der Waals surface area (Å²) in [6, 6.07) is 0. The number of carbonyl (C=O) groups is 1. The van der Waals surface area contributed by atoms with Crippen LogP contribution in [0.5, 0.6) is 0 Å². The van der Waals surface area contributed by atoms with Crippen LogP contribution >= 0.6 is 0 Å². The van der Waals surface area contributed by atoms with Gasteiger partial charge in [-0.15, -0.1) is 0 Å². The summed E-state index contributed by atoms with van der Waals surface area (Å²) in [7, 11) is 0. The average Bonchev–Trinajstić information content (AvgIpc) is 1.59. The molecule has 0 rings (SSSR count). The van der Waals surface area contributed by atoms with E-state index in [0.29, 0.717) is 0 Å². The molecule has 0 saturated heterocycles. The van der Waals surface area contributed by atoms with E-state index < -0.39 is 11.9 Å². The average molecular weight is 231 g/mol. The van der Waals surface area contributed by atoms with Crippen LogP contribution in [0.1, 0.15) is 13.8 Å². The van der Waals surface area contributed by atoms with Crippen LogP contribution in [0.25, 0.3) is 0 Å². The molecule has 0 bridgehead atoms. The molecule has 0 heterocycles. The molecule has 1 radical (unpaired) electrons. The third-order valence-electron chi connectivity index (χ3n) is 1.51. The maximum absolute atomic E-state index is 10.5. The van der Waals surface area contributed by atoms with E-state index in [4.69, 9.17) is 5.11 Å². The molecule has 1 N–H and O–H groups in total. The number of rotatable bonds is 3. The van der Waals surface area contributed by atoms with E-state index in [1.807, 2.05) is 0 Å². The van der Waals surface area contributed by atoms with Crippen molar-refractivity contribution >= 4 is 5.97 Å². The van der Waals surface area contributed by atoms with Crippen molar-refractivity contribution in [2.45, 2.75) is 13.8 Å². The first-order chi connectivity index (χ1) is 4.46. The van der Waals surface area contributed by atoms with E-state index in [2.05, 4.69) is 13.8 Å². The van der Waals surface area contributed by atoms with Gasteiger partial charge >= 0.3 is 5.97 Å². The maximum atomic E-state index is 10.5. The van der Waals surface area contributed by atoms with Gasteiger partial charge < -0.3 is 19.0 Å². The molecule has 0 aromatic heterocycles.